The molecule has 1 saturated heterocycles. The molecule has 1 aromatic heterocycles. The van der Waals surface area contributed by atoms with Crippen LogP contribution in [0.3, 0.4) is 0 Å². The van der Waals surface area contributed by atoms with E-state index in [1.54, 1.807) is 30.1 Å². The second-order valence-electron chi connectivity index (χ2n) is 9.27. The monoisotopic (exact) mass is 472 g/mol. The van der Waals surface area contributed by atoms with E-state index in [1.807, 2.05) is 24.8 Å². The summed E-state index contributed by atoms with van der Waals surface area (Å²) < 4.78 is 30.0. The number of anilines is 1. The first-order valence-corrected chi connectivity index (χ1v) is 12.8. The largest absolute Gasteiger partial charge is 0.346 e. The lowest BCUT2D eigenvalue weighted by Gasteiger charge is -2.33. The van der Waals surface area contributed by atoms with Crippen LogP contribution < -0.4 is 4.90 Å². The van der Waals surface area contributed by atoms with E-state index in [1.165, 1.54) is 4.31 Å². The molecule has 0 unspecified atom stereocenters. The quantitative estimate of drug-likeness (QED) is 0.603. The highest BCUT2D eigenvalue weighted by Crippen LogP contribution is 2.31. The number of nitrogens with zero attached hydrogens (tertiary/aromatic N) is 4. The van der Waals surface area contributed by atoms with Crippen molar-refractivity contribution in [2.45, 2.75) is 45.1 Å². The molecule has 33 heavy (non-hydrogen) atoms. The van der Waals surface area contributed by atoms with Crippen LogP contribution in [0.15, 0.2) is 29.2 Å². The predicted molar refractivity (Wildman–Crippen MR) is 127 cm³/mol. The standard InChI is InChI=1S/C24H32N4O4S/c1-16(2)28-17(3)12-21(18(28)4)23(29)15-26-8-10-27(11-9-26)33(31,32)20-6-7-22-19(13-20)14-24(30)25(22)5/h6-7,12-13,16H,8-11,14-15H2,1-5H3. The Morgan fingerprint density at radius 2 is 1.73 bits per heavy atom. The summed E-state index contributed by atoms with van der Waals surface area (Å²) in [5.41, 5.74) is 4.30. The number of piperazine rings is 1. The van der Waals surface area contributed by atoms with Gasteiger partial charge >= 0.3 is 0 Å². The number of aromatic nitrogens is 1. The SMILES string of the molecule is Cc1cc(C(=O)CN2CCN(S(=O)(=O)c3ccc4c(c3)CC(=O)N4C)CC2)c(C)n1C(C)C. The fraction of sp³-hybridized carbons (Fsp3) is 0.500. The lowest BCUT2D eigenvalue weighted by molar-refractivity contribution is -0.117. The molecular formula is C24H32N4O4S. The molecule has 0 bridgehead atoms. The van der Waals surface area contributed by atoms with Gasteiger partial charge in [0.15, 0.2) is 5.78 Å². The van der Waals surface area contributed by atoms with Crippen molar-refractivity contribution < 1.29 is 18.0 Å². The van der Waals surface area contributed by atoms with Crippen LogP contribution >= 0.6 is 0 Å². The molecule has 0 spiro atoms. The van der Waals surface area contributed by atoms with Crippen LogP contribution in [0.2, 0.25) is 0 Å². The third-order valence-electron chi connectivity index (χ3n) is 6.77. The molecule has 178 valence electrons. The lowest BCUT2D eigenvalue weighted by Crippen LogP contribution is -2.49. The van der Waals surface area contributed by atoms with Gasteiger partial charge in [0, 0.05) is 61.9 Å². The maximum atomic E-state index is 13.2. The highest BCUT2D eigenvalue weighted by molar-refractivity contribution is 7.89. The molecule has 1 aromatic carbocycles. The molecule has 1 fully saturated rings. The Morgan fingerprint density at radius 3 is 2.33 bits per heavy atom. The smallest absolute Gasteiger partial charge is 0.243 e. The van der Waals surface area contributed by atoms with Gasteiger partial charge in [-0.2, -0.15) is 4.31 Å². The average Bonchev–Trinajstić information content (AvgIpc) is 3.22. The number of carbonyl (C=O) groups excluding carboxylic acids is 2. The number of likely N-dealkylation sites (N-methyl/N-ethyl adjacent to an activating group) is 1. The number of carbonyl (C=O) groups is 2. The van der Waals surface area contributed by atoms with Gasteiger partial charge in [0.05, 0.1) is 17.9 Å². The van der Waals surface area contributed by atoms with E-state index < -0.39 is 10.0 Å². The molecule has 0 radical (unpaired) electrons. The summed E-state index contributed by atoms with van der Waals surface area (Å²) >= 11 is 0. The fourth-order valence-corrected chi connectivity index (χ4v) is 6.50. The summed E-state index contributed by atoms with van der Waals surface area (Å²) in [6, 6.07) is 7.14. The summed E-state index contributed by atoms with van der Waals surface area (Å²) in [6.45, 7) is 10.1. The van der Waals surface area contributed by atoms with Crippen LogP contribution in [-0.4, -0.2) is 73.7 Å². The topological polar surface area (TPSA) is 82.9 Å². The summed E-state index contributed by atoms with van der Waals surface area (Å²) in [5, 5.41) is 0. The molecule has 9 heteroatoms. The van der Waals surface area contributed by atoms with Gasteiger partial charge in [-0.3, -0.25) is 14.5 Å². The number of hydrogen-bond acceptors (Lipinski definition) is 5. The van der Waals surface area contributed by atoms with Crippen LogP contribution in [0.4, 0.5) is 5.69 Å². The maximum Gasteiger partial charge on any atom is 0.243 e. The number of hydrogen-bond donors (Lipinski definition) is 0. The van der Waals surface area contributed by atoms with Crippen LogP contribution in [0.1, 0.15) is 47.2 Å². The molecule has 2 aliphatic heterocycles. The molecule has 0 N–H and O–H groups in total. The van der Waals surface area contributed by atoms with Gasteiger partial charge in [0.25, 0.3) is 0 Å². The summed E-state index contributed by atoms with van der Waals surface area (Å²) in [4.78, 5) is 28.7. The molecule has 1 amide bonds. The molecule has 0 atom stereocenters. The van der Waals surface area contributed by atoms with Crippen LogP contribution in [0, 0.1) is 13.8 Å². The third kappa shape index (κ3) is 4.25. The number of Topliss-reactive ketones (excluding diaryl/α,β-unsaturated/α-hetero) is 1. The van der Waals surface area contributed by atoms with Crippen molar-refractivity contribution in [1.82, 2.24) is 13.8 Å². The Hall–Kier alpha value is -2.49. The zero-order valence-corrected chi connectivity index (χ0v) is 20.8. The Morgan fingerprint density at radius 1 is 1.06 bits per heavy atom. The van der Waals surface area contributed by atoms with Crippen molar-refractivity contribution in [3.8, 4) is 0 Å². The van der Waals surface area contributed by atoms with Gasteiger partial charge in [-0.15, -0.1) is 0 Å². The van der Waals surface area contributed by atoms with Crippen LogP contribution in [0.5, 0.6) is 0 Å². The van der Waals surface area contributed by atoms with E-state index >= 15 is 0 Å². The van der Waals surface area contributed by atoms with Crippen molar-refractivity contribution in [2.75, 3.05) is 44.7 Å². The number of benzene rings is 1. The molecular weight excluding hydrogens is 440 g/mol. The van der Waals surface area contributed by atoms with E-state index in [-0.39, 0.29) is 35.6 Å². The number of ketones is 1. The Balaban J connectivity index is 1.41. The van der Waals surface area contributed by atoms with Crippen molar-refractivity contribution in [2.24, 2.45) is 0 Å². The normalized spacial score (nSPS) is 17.8. The molecule has 0 saturated carbocycles. The summed E-state index contributed by atoms with van der Waals surface area (Å²) in [7, 11) is -1.95. The number of rotatable bonds is 6. The highest BCUT2D eigenvalue weighted by atomic mass is 32.2. The average molecular weight is 473 g/mol. The molecule has 4 rings (SSSR count). The van der Waals surface area contributed by atoms with E-state index in [0.717, 1.165) is 28.2 Å². The summed E-state index contributed by atoms with van der Waals surface area (Å²) in [5.74, 6) is 0.0331. The first-order chi connectivity index (χ1) is 15.5. The van der Waals surface area contributed by atoms with E-state index in [0.29, 0.717) is 26.2 Å². The molecule has 3 heterocycles. The van der Waals surface area contributed by atoms with Gasteiger partial charge < -0.3 is 9.47 Å². The molecule has 0 aliphatic carbocycles. The van der Waals surface area contributed by atoms with E-state index in [4.69, 9.17) is 0 Å². The first-order valence-electron chi connectivity index (χ1n) is 11.3. The number of sulfonamides is 1. The van der Waals surface area contributed by atoms with Gasteiger partial charge in [-0.25, -0.2) is 8.42 Å². The molecule has 2 aromatic rings. The second-order valence-corrected chi connectivity index (χ2v) is 11.2. The van der Waals surface area contributed by atoms with Gasteiger partial charge in [0.1, 0.15) is 0 Å². The van der Waals surface area contributed by atoms with Crippen molar-refractivity contribution >= 4 is 27.4 Å². The Kier molecular flexibility index (Phi) is 6.24. The predicted octanol–water partition coefficient (Wildman–Crippen LogP) is 2.39. The summed E-state index contributed by atoms with van der Waals surface area (Å²) in [6.07, 6.45) is 0.225. The first kappa shape index (κ1) is 23.7. The van der Waals surface area contributed by atoms with Crippen LogP contribution in [0.25, 0.3) is 0 Å². The zero-order valence-electron chi connectivity index (χ0n) is 20.0. The van der Waals surface area contributed by atoms with Crippen molar-refractivity contribution in [3.63, 3.8) is 0 Å². The van der Waals surface area contributed by atoms with Crippen LogP contribution in [-0.2, 0) is 21.2 Å². The van der Waals surface area contributed by atoms with Gasteiger partial charge in [0.2, 0.25) is 15.9 Å². The zero-order chi connectivity index (χ0) is 24.1. The fourth-order valence-electron chi connectivity index (χ4n) is 5.03. The third-order valence-corrected chi connectivity index (χ3v) is 8.66. The second kappa shape index (κ2) is 8.70. The minimum atomic E-state index is -3.65. The van der Waals surface area contributed by atoms with Gasteiger partial charge in [-0.1, -0.05) is 0 Å². The molecule has 8 nitrogen and oxygen atoms in total. The van der Waals surface area contributed by atoms with Crippen molar-refractivity contribution in [3.05, 3.63) is 46.8 Å². The Bertz CT molecular complexity index is 1210. The van der Waals surface area contributed by atoms with E-state index in [9.17, 15) is 18.0 Å². The highest BCUT2D eigenvalue weighted by Gasteiger charge is 2.32. The number of amides is 1. The minimum Gasteiger partial charge on any atom is -0.346 e. The maximum absolute atomic E-state index is 13.2. The van der Waals surface area contributed by atoms with Gasteiger partial charge in [-0.05, 0) is 57.5 Å². The minimum absolute atomic E-state index is 0.0352. The van der Waals surface area contributed by atoms with E-state index in [2.05, 4.69) is 18.4 Å². The number of fused-ring (bicyclic) bond motifs is 1. The van der Waals surface area contributed by atoms with Crippen molar-refractivity contribution in [1.29, 1.82) is 0 Å². The number of aryl methyl sites for hydroxylation is 1. The molecule has 2 aliphatic rings. The lowest BCUT2D eigenvalue weighted by atomic mass is 10.1. The Labute approximate surface area is 195 Å².